The molecule has 0 aliphatic heterocycles. The Hall–Kier alpha value is -1.43. The molecule has 1 rings (SSSR count). The Morgan fingerprint density at radius 1 is 1.67 bits per heavy atom. The van der Waals surface area contributed by atoms with Crippen LogP contribution in [0.2, 0.25) is 0 Å². The van der Waals surface area contributed by atoms with Gasteiger partial charge in [-0.1, -0.05) is 5.21 Å². The molecule has 0 amide bonds. The van der Waals surface area contributed by atoms with Gasteiger partial charge in [0.25, 0.3) is 0 Å². The number of aromatic nitrogens is 3. The Morgan fingerprint density at radius 2 is 2.27 bits per heavy atom. The Labute approximate surface area is 88.5 Å². The summed E-state index contributed by atoms with van der Waals surface area (Å²) in [7, 11) is 3.53. The highest BCUT2D eigenvalue weighted by atomic mass is 16.4. The fraction of sp³-hybridized carbons (Fsp3) is 0.667. The zero-order valence-electron chi connectivity index (χ0n) is 9.43. The molecule has 6 heteroatoms. The molecule has 0 aromatic carbocycles. The van der Waals surface area contributed by atoms with Gasteiger partial charge in [0.2, 0.25) is 0 Å². The molecular formula is C9H16N4O2. The lowest BCUT2D eigenvalue weighted by atomic mass is 10.0. The van der Waals surface area contributed by atoms with Crippen molar-refractivity contribution >= 4 is 5.97 Å². The molecule has 0 aliphatic rings. The van der Waals surface area contributed by atoms with E-state index in [2.05, 4.69) is 10.3 Å². The summed E-state index contributed by atoms with van der Waals surface area (Å²) in [6.07, 6.45) is 1.77. The summed E-state index contributed by atoms with van der Waals surface area (Å²) in [6.45, 7) is 3.78. The van der Waals surface area contributed by atoms with Gasteiger partial charge in [-0.2, -0.15) is 0 Å². The van der Waals surface area contributed by atoms with E-state index in [-0.39, 0.29) is 0 Å². The van der Waals surface area contributed by atoms with E-state index in [1.807, 2.05) is 0 Å². The lowest BCUT2D eigenvalue weighted by molar-refractivity contribution is -0.148. The van der Waals surface area contributed by atoms with Crippen LogP contribution in [-0.4, -0.2) is 43.6 Å². The fourth-order valence-electron chi connectivity index (χ4n) is 1.07. The number of aliphatic carboxylic acids is 1. The van der Waals surface area contributed by atoms with Gasteiger partial charge in [-0.05, 0) is 20.9 Å². The highest BCUT2D eigenvalue weighted by Crippen LogP contribution is 2.14. The Balaban J connectivity index is 2.71. The maximum atomic E-state index is 11.0. The summed E-state index contributed by atoms with van der Waals surface area (Å²) in [5.41, 5.74) is -0.147. The van der Waals surface area contributed by atoms with Crippen molar-refractivity contribution in [2.45, 2.75) is 25.9 Å². The van der Waals surface area contributed by atoms with Crippen LogP contribution in [0.4, 0.5) is 0 Å². The Morgan fingerprint density at radius 3 is 2.67 bits per heavy atom. The number of carboxylic acids is 1. The highest BCUT2D eigenvalue weighted by Gasteiger charge is 2.32. The van der Waals surface area contributed by atoms with Crippen LogP contribution in [0.25, 0.3) is 0 Å². The zero-order valence-corrected chi connectivity index (χ0v) is 9.43. The number of hydrogen-bond acceptors (Lipinski definition) is 4. The summed E-state index contributed by atoms with van der Waals surface area (Å²) in [5.74, 6) is -0.853. The van der Waals surface area contributed by atoms with E-state index in [4.69, 9.17) is 5.11 Å². The Kier molecular flexibility index (Phi) is 3.09. The normalized spacial score (nSPS) is 12.1. The molecule has 0 unspecified atom stereocenters. The van der Waals surface area contributed by atoms with Gasteiger partial charge in [-0.3, -0.25) is 14.4 Å². The molecule has 1 aromatic heterocycles. The molecule has 1 heterocycles. The highest BCUT2D eigenvalue weighted by molar-refractivity contribution is 5.77. The maximum Gasteiger partial charge on any atom is 0.323 e. The van der Waals surface area contributed by atoms with Crippen LogP contribution >= 0.6 is 0 Å². The average Bonchev–Trinajstić information content (AvgIpc) is 2.50. The minimum atomic E-state index is -0.905. The van der Waals surface area contributed by atoms with Crippen LogP contribution in [0.3, 0.4) is 0 Å². The third-order valence-electron chi connectivity index (χ3n) is 2.53. The molecule has 0 bridgehead atoms. The van der Waals surface area contributed by atoms with E-state index < -0.39 is 11.5 Å². The molecule has 84 valence electrons. The van der Waals surface area contributed by atoms with Gasteiger partial charge < -0.3 is 5.11 Å². The van der Waals surface area contributed by atoms with Gasteiger partial charge in [-0.25, -0.2) is 0 Å². The van der Waals surface area contributed by atoms with E-state index in [1.54, 1.807) is 43.7 Å². The number of carbonyl (C=O) groups is 1. The molecule has 0 saturated heterocycles. The first-order valence-electron chi connectivity index (χ1n) is 4.64. The van der Waals surface area contributed by atoms with Crippen molar-refractivity contribution in [3.63, 3.8) is 0 Å². The van der Waals surface area contributed by atoms with Crippen molar-refractivity contribution in [2.24, 2.45) is 7.05 Å². The van der Waals surface area contributed by atoms with E-state index in [9.17, 15) is 4.79 Å². The van der Waals surface area contributed by atoms with Gasteiger partial charge >= 0.3 is 5.97 Å². The van der Waals surface area contributed by atoms with E-state index >= 15 is 0 Å². The molecule has 0 fully saturated rings. The molecule has 0 aliphatic carbocycles. The first kappa shape index (κ1) is 11.6. The third kappa shape index (κ3) is 2.53. The van der Waals surface area contributed by atoms with Gasteiger partial charge in [-0.15, -0.1) is 5.10 Å². The molecule has 15 heavy (non-hydrogen) atoms. The van der Waals surface area contributed by atoms with Gasteiger partial charge in [0, 0.05) is 19.8 Å². The van der Waals surface area contributed by atoms with Crippen LogP contribution in [0.5, 0.6) is 0 Å². The van der Waals surface area contributed by atoms with E-state index in [0.717, 1.165) is 5.69 Å². The first-order valence-corrected chi connectivity index (χ1v) is 4.64. The number of carboxylic acid groups (broad SMARTS) is 1. The smallest absolute Gasteiger partial charge is 0.323 e. The van der Waals surface area contributed by atoms with Crippen LogP contribution < -0.4 is 0 Å². The van der Waals surface area contributed by atoms with Crippen molar-refractivity contribution in [1.82, 2.24) is 19.9 Å². The van der Waals surface area contributed by atoms with Crippen molar-refractivity contribution in [3.05, 3.63) is 11.9 Å². The second-order valence-electron chi connectivity index (χ2n) is 4.10. The Bertz CT molecular complexity index is 359. The molecule has 6 nitrogen and oxygen atoms in total. The van der Waals surface area contributed by atoms with Crippen LogP contribution in [-0.2, 0) is 18.4 Å². The van der Waals surface area contributed by atoms with Gasteiger partial charge in [0.15, 0.2) is 0 Å². The second kappa shape index (κ2) is 3.98. The summed E-state index contributed by atoms with van der Waals surface area (Å²) in [4.78, 5) is 12.7. The molecule has 1 N–H and O–H groups in total. The van der Waals surface area contributed by atoms with Crippen LogP contribution in [0.1, 0.15) is 19.5 Å². The lowest BCUT2D eigenvalue weighted by Crippen LogP contribution is -2.47. The quantitative estimate of drug-likeness (QED) is 0.767. The molecule has 1 aromatic rings. The number of nitrogens with zero attached hydrogens (tertiary/aromatic N) is 4. The van der Waals surface area contributed by atoms with Crippen molar-refractivity contribution < 1.29 is 9.90 Å². The molecule has 0 saturated carbocycles. The first-order chi connectivity index (χ1) is 6.84. The zero-order chi connectivity index (χ0) is 11.6. The second-order valence-corrected chi connectivity index (χ2v) is 4.10. The molecule has 0 atom stereocenters. The summed E-state index contributed by atoms with van der Waals surface area (Å²) < 4.78 is 1.59. The molecule has 0 radical (unpaired) electrons. The topological polar surface area (TPSA) is 71.2 Å². The standard InChI is InChI=1S/C9H16N4O2/c1-9(2,8(14)15)12(3)5-7-6-13(4)11-10-7/h6H,5H2,1-4H3,(H,14,15). The summed E-state index contributed by atoms with van der Waals surface area (Å²) in [5, 5.41) is 16.7. The number of hydrogen-bond donors (Lipinski definition) is 1. The predicted molar refractivity (Wildman–Crippen MR) is 54.2 cm³/mol. The van der Waals surface area contributed by atoms with Crippen LogP contribution in [0, 0.1) is 0 Å². The summed E-state index contributed by atoms with van der Waals surface area (Å²) in [6, 6.07) is 0. The minimum absolute atomic E-state index is 0.465. The monoisotopic (exact) mass is 212 g/mol. The van der Waals surface area contributed by atoms with Crippen molar-refractivity contribution in [2.75, 3.05) is 7.05 Å². The molecular weight excluding hydrogens is 196 g/mol. The number of aryl methyl sites for hydroxylation is 1. The predicted octanol–water partition coefficient (Wildman–Crippen LogP) is 0.110. The molecule has 0 spiro atoms. The maximum absolute atomic E-state index is 11.0. The lowest BCUT2D eigenvalue weighted by Gasteiger charge is -2.30. The largest absolute Gasteiger partial charge is 0.480 e. The SMILES string of the molecule is CN(Cc1cn(C)nn1)C(C)(C)C(=O)O. The van der Waals surface area contributed by atoms with Crippen molar-refractivity contribution in [1.29, 1.82) is 0 Å². The third-order valence-corrected chi connectivity index (χ3v) is 2.53. The number of likely N-dealkylation sites (N-methyl/N-ethyl adjacent to an activating group) is 1. The van der Waals surface area contributed by atoms with Gasteiger partial charge in [0.05, 0.1) is 5.69 Å². The summed E-state index contributed by atoms with van der Waals surface area (Å²) >= 11 is 0. The van der Waals surface area contributed by atoms with Gasteiger partial charge in [0.1, 0.15) is 5.54 Å². The number of rotatable bonds is 4. The minimum Gasteiger partial charge on any atom is -0.480 e. The van der Waals surface area contributed by atoms with E-state index in [0.29, 0.717) is 6.54 Å². The van der Waals surface area contributed by atoms with Crippen LogP contribution in [0.15, 0.2) is 6.20 Å². The fourth-order valence-corrected chi connectivity index (χ4v) is 1.07. The average molecular weight is 212 g/mol. The van der Waals surface area contributed by atoms with Crippen molar-refractivity contribution in [3.8, 4) is 0 Å². The van der Waals surface area contributed by atoms with E-state index in [1.165, 1.54) is 0 Å².